The molecule has 0 saturated carbocycles. The van der Waals surface area contributed by atoms with E-state index in [0.717, 1.165) is 83.5 Å². The van der Waals surface area contributed by atoms with Crippen LogP contribution in [-0.4, -0.2) is 37.2 Å². The SMILES string of the molecule is CC\C=C/C=C\C=C/C=C\C=C\C=C/CCCCCC(=O)OCC(COC(=O)C/C=C\C/C=C\C/C=C\CC)OC(=O)CCCCCCCC/C=C\C=C/CCCCC. The number of rotatable bonds is 38. The zero-order valence-corrected chi connectivity index (χ0v) is 37.2. The van der Waals surface area contributed by atoms with Gasteiger partial charge >= 0.3 is 17.9 Å². The van der Waals surface area contributed by atoms with E-state index in [1.807, 2.05) is 66.8 Å². The summed E-state index contributed by atoms with van der Waals surface area (Å²) in [6.07, 6.45) is 64.6. The predicted molar refractivity (Wildman–Crippen MR) is 251 cm³/mol. The molecule has 59 heavy (non-hydrogen) atoms. The molecule has 0 aliphatic heterocycles. The van der Waals surface area contributed by atoms with Crippen molar-refractivity contribution >= 4 is 17.9 Å². The van der Waals surface area contributed by atoms with Gasteiger partial charge in [-0.05, 0) is 77.0 Å². The molecule has 0 aromatic heterocycles. The molecule has 0 aromatic carbocycles. The Bertz CT molecular complexity index is 1350. The van der Waals surface area contributed by atoms with Gasteiger partial charge in [-0.1, -0.05) is 199 Å². The smallest absolute Gasteiger partial charge is 0.309 e. The summed E-state index contributed by atoms with van der Waals surface area (Å²) in [5, 5.41) is 0. The third-order valence-corrected chi connectivity index (χ3v) is 8.84. The van der Waals surface area contributed by atoms with E-state index >= 15 is 0 Å². The number of ether oxygens (including phenoxy) is 3. The maximum absolute atomic E-state index is 12.7. The molecule has 0 radical (unpaired) electrons. The molecule has 0 N–H and O–H groups in total. The Morgan fingerprint density at radius 2 is 0.797 bits per heavy atom. The van der Waals surface area contributed by atoms with Crippen molar-refractivity contribution in [3.63, 3.8) is 0 Å². The standard InChI is InChI=1S/C53H80O6/c1-4-7-10-13-16-19-21-23-25-26-28-29-31-34-37-40-43-46-52(55)58-49-50(48-57-51(54)45-42-39-36-33-18-15-12-9-6-3)59-53(56)47-44-41-38-35-32-30-27-24-22-20-17-14-11-8-5-2/h7,9-10,12-13,16-26,28-29,31,33,39,42,50H,4-6,8,11,14-15,27,30,32,34-38,40-41,43-49H2,1-3H3/b10-7-,12-9-,16-13-,20-17-,21-19-,24-22-,25-23-,28-26+,31-29-,33-18-,42-39-. The van der Waals surface area contributed by atoms with Gasteiger partial charge in [0.05, 0.1) is 6.42 Å². The molecule has 1 atom stereocenters. The van der Waals surface area contributed by atoms with E-state index in [0.29, 0.717) is 6.42 Å². The Hall–Kier alpha value is -4.45. The van der Waals surface area contributed by atoms with E-state index in [4.69, 9.17) is 14.2 Å². The topological polar surface area (TPSA) is 78.9 Å². The zero-order chi connectivity index (χ0) is 43.0. The van der Waals surface area contributed by atoms with Crippen LogP contribution in [0.2, 0.25) is 0 Å². The van der Waals surface area contributed by atoms with E-state index in [2.05, 4.69) is 81.5 Å². The molecule has 0 aliphatic rings. The van der Waals surface area contributed by atoms with Gasteiger partial charge < -0.3 is 14.2 Å². The van der Waals surface area contributed by atoms with E-state index < -0.39 is 12.1 Å². The molecule has 0 aromatic rings. The van der Waals surface area contributed by atoms with Gasteiger partial charge in [-0.15, -0.1) is 0 Å². The van der Waals surface area contributed by atoms with Crippen LogP contribution in [0, 0.1) is 0 Å². The first-order valence-corrected chi connectivity index (χ1v) is 22.8. The van der Waals surface area contributed by atoms with Crippen LogP contribution in [0.4, 0.5) is 0 Å². The van der Waals surface area contributed by atoms with Crippen LogP contribution >= 0.6 is 0 Å². The minimum absolute atomic E-state index is 0.117. The van der Waals surface area contributed by atoms with Crippen molar-refractivity contribution in [1.82, 2.24) is 0 Å². The molecule has 6 nitrogen and oxygen atoms in total. The average Bonchev–Trinajstić information content (AvgIpc) is 3.23. The van der Waals surface area contributed by atoms with Gasteiger partial charge in [-0.2, -0.15) is 0 Å². The highest BCUT2D eigenvalue weighted by Gasteiger charge is 2.19. The van der Waals surface area contributed by atoms with Gasteiger partial charge in [0.2, 0.25) is 0 Å². The number of hydrogen-bond donors (Lipinski definition) is 0. The summed E-state index contributed by atoms with van der Waals surface area (Å²) in [7, 11) is 0. The maximum atomic E-state index is 12.7. The molecule has 328 valence electrons. The number of carbonyl (C=O) groups is 3. The molecule has 0 amide bonds. The quantitative estimate of drug-likeness (QED) is 0.0203. The van der Waals surface area contributed by atoms with E-state index in [9.17, 15) is 14.4 Å². The van der Waals surface area contributed by atoms with Crippen molar-refractivity contribution in [2.24, 2.45) is 0 Å². The van der Waals surface area contributed by atoms with Gasteiger partial charge in [0.1, 0.15) is 13.2 Å². The summed E-state index contributed by atoms with van der Waals surface area (Å²) < 4.78 is 16.5. The fourth-order valence-electron chi connectivity index (χ4n) is 5.46. The van der Waals surface area contributed by atoms with Crippen molar-refractivity contribution in [1.29, 1.82) is 0 Å². The molecule has 0 saturated heterocycles. The number of unbranched alkanes of at least 4 members (excludes halogenated alkanes) is 12. The lowest BCUT2D eigenvalue weighted by Gasteiger charge is -2.18. The van der Waals surface area contributed by atoms with Gasteiger partial charge in [0.15, 0.2) is 6.10 Å². The summed E-state index contributed by atoms with van der Waals surface area (Å²) >= 11 is 0. The zero-order valence-electron chi connectivity index (χ0n) is 37.2. The van der Waals surface area contributed by atoms with Gasteiger partial charge in [0, 0.05) is 12.8 Å². The van der Waals surface area contributed by atoms with Gasteiger partial charge in [-0.25, -0.2) is 0 Å². The van der Waals surface area contributed by atoms with Crippen LogP contribution in [0.1, 0.15) is 162 Å². The minimum Gasteiger partial charge on any atom is -0.462 e. The first kappa shape index (κ1) is 54.6. The second-order valence-electron chi connectivity index (χ2n) is 14.4. The Kier molecular flexibility index (Phi) is 42.8. The first-order chi connectivity index (χ1) is 29.0. The first-order valence-electron chi connectivity index (χ1n) is 22.8. The highest BCUT2D eigenvalue weighted by atomic mass is 16.6. The fourth-order valence-corrected chi connectivity index (χ4v) is 5.46. The molecule has 6 heteroatoms. The van der Waals surface area contributed by atoms with Crippen LogP contribution in [0.25, 0.3) is 0 Å². The second kappa shape index (κ2) is 46.2. The summed E-state index contributed by atoms with van der Waals surface area (Å²) in [6, 6.07) is 0. The predicted octanol–water partition coefficient (Wildman–Crippen LogP) is 14.7. The Balaban J connectivity index is 4.57. The van der Waals surface area contributed by atoms with E-state index in [-0.39, 0.29) is 44.4 Å². The number of esters is 3. The molecule has 0 aliphatic carbocycles. The number of carbonyl (C=O) groups excluding carboxylic acids is 3. The summed E-state index contributed by atoms with van der Waals surface area (Å²) in [6.45, 7) is 6.16. The van der Waals surface area contributed by atoms with E-state index in [1.165, 1.54) is 32.1 Å². The molecule has 0 bridgehead atoms. The summed E-state index contributed by atoms with van der Waals surface area (Å²) in [4.78, 5) is 37.7. The molecule has 0 heterocycles. The number of allylic oxidation sites excluding steroid dienone is 21. The van der Waals surface area contributed by atoms with Crippen LogP contribution in [0.3, 0.4) is 0 Å². The molecular formula is C53H80O6. The lowest BCUT2D eigenvalue weighted by atomic mass is 10.1. The Morgan fingerprint density at radius 1 is 0.390 bits per heavy atom. The monoisotopic (exact) mass is 813 g/mol. The fraction of sp³-hybridized carbons (Fsp3) is 0.528. The summed E-state index contributed by atoms with van der Waals surface area (Å²) in [5.74, 6) is -1.13. The van der Waals surface area contributed by atoms with Crippen molar-refractivity contribution in [2.75, 3.05) is 13.2 Å². The minimum atomic E-state index is -0.841. The van der Waals surface area contributed by atoms with Gasteiger partial charge in [0.25, 0.3) is 0 Å². The van der Waals surface area contributed by atoms with Crippen molar-refractivity contribution in [3.8, 4) is 0 Å². The normalized spacial score (nSPS) is 13.3. The number of hydrogen-bond acceptors (Lipinski definition) is 6. The maximum Gasteiger partial charge on any atom is 0.309 e. The van der Waals surface area contributed by atoms with Crippen LogP contribution < -0.4 is 0 Å². The van der Waals surface area contributed by atoms with Crippen LogP contribution in [0.15, 0.2) is 134 Å². The van der Waals surface area contributed by atoms with Gasteiger partial charge in [-0.3, -0.25) is 14.4 Å². The summed E-state index contributed by atoms with van der Waals surface area (Å²) in [5.41, 5.74) is 0. The van der Waals surface area contributed by atoms with Crippen LogP contribution in [0.5, 0.6) is 0 Å². The molecule has 0 spiro atoms. The molecular weight excluding hydrogens is 733 g/mol. The largest absolute Gasteiger partial charge is 0.462 e. The Morgan fingerprint density at radius 3 is 1.36 bits per heavy atom. The second-order valence-corrected chi connectivity index (χ2v) is 14.4. The third-order valence-electron chi connectivity index (χ3n) is 8.84. The average molecular weight is 813 g/mol. The molecule has 0 rings (SSSR count). The van der Waals surface area contributed by atoms with Crippen molar-refractivity contribution < 1.29 is 28.6 Å². The lowest BCUT2D eigenvalue weighted by molar-refractivity contribution is -0.166. The molecule has 1 unspecified atom stereocenters. The highest BCUT2D eigenvalue weighted by Crippen LogP contribution is 2.12. The highest BCUT2D eigenvalue weighted by molar-refractivity contribution is 5.72. The van der Waals surface area contributed by atoms with Crippen molar-refractivity contribution in [3.05, 3.63) is 134 Å². The van der Waals surface area contributed by atoms with Crippen LogP contribution in [-0.2, 0) is 28.6 Å². The van der Waals surface area contributed by atoms with Crippen molar-refractivity contribution in [2.45, 2.75) is 168 Å². The lowest BCUT2D eigenvalue weighted by Crippen LogP contribution is -2.30. The molecule has 0 fully saturated rings. The Labute approximate surface area is 360 Å². The van der Waals surface area contributed by atoms with E-state index in [1.54, 1.807) is 6.08 Å². The third kappa shape index (κ3) is 44.5.